The molecule has 164 valence electrons. The van der Waals surface area contributed by atoms with Gasteiger partial charge >= 0.3 is 0 Å². The third-order valence-corrected chi connectivity index (χ3v) is 6.71. The Morgan fingerprint density at radius 2 is 1.74 bits per heavy atom. The molecule has 4 rings (SSSR count). The first-order chi connectivity index (χ1) is 14.9. The predicted molar refractivity (Wildman–Crippen MR) is 121 cm³/mol. The Labute approximate surface area is 192 Å². The smallest absolute Gasteiger partial charge is 0.253 e. The van der Waals surface area contributed by atoms with Crippen molar-refractivity contribution in [2.75, 3.05) is 26.2 Å². The van der Waals surface area contributed by atoms with Crippen LogP contribution >= 0.6 is 23.2 Å². The van der Waals surface area contributed by atoms with Crippen LogP contribution in [0.3, 0.4) is 0 Å². The maximum absolute atomic E-state index is 13.4. The average Bonchev–Trinajstić information content (AvgIpc) is 2.80. The van der Waals surface area contributed by atoms with Gasteiger partial charge in [0.05, 0.1) is 28.6 Å². The molecule has 0 saturated carbocycles. The topological polar surface area (TPSA) is 49.9 Å². The van der Waals surface area contributed by atoms with Gasteiger partial charge in [-0.1, -0.05) is 53.5 Å². The van der Waals surface area contributed by atoms with E-state index in [0.717, 1.165) is 18.4 Å². The second-order valence-electron chi connectivity index (χ2n) is 8.31. The Morgan fingerprint density at radius 3 is 2.48 bits per heavy atom. The van der Waals surface area contributed by atoms with Crippen LogP contribution in [0.15, 0.2) is 48.5 Å². The van der Waals surface area contributed by atoms with E-state index < -0.39 is 0 Å². The highest BCUT2D eigenvalue weighted by atomic mass is 35.5. The van der Waals surface area contributed by atoms with Gasteiger partial charge in [0.2, 0.25) is 5.91 Å². The molecule has 2 aliphatic rings. The highest BCUT2D eigenvalue weighted by Gasteiger charge is 2.35. The predicted octanol–water partition coefficient (Wildman–Crippen LogP) is 4.83. The molecule has 0 N–H and O–H groups in total. The number of likely N-dealkylation sites (tertiary alicyclic amines) is 1. The molecular weight excluding hydrogens is 435 g/mol. The van der Waals surface area contributed by atoms with Crippen molar-refractivity contribution in [3.63, 3.8) is 0 Å². The van der Waals surface area contributed by atoms with E-state index in [2.05, 4.69) is 0 Å². The summed E-state index contributed by atoms with van der Waals surface area (Å²) in [6, 6.07) is 14.9. The lowest BCUT2D eigenvalue weighted by atomic mass is 9.95. The molecule has 3 unspecified atom stereocenters. The van der Waals surface area contributed by atoms with Crippen LogP contribution in [-0.2, 0) is 9.53 Å². The summed E-state index contributed by atoms with van der Waals surface area (Å²) in [6.45, 7) is 4.15. The molecule has 2 heterocycles. The molecule has 0 radical (unpaired) electrons. The molecule has 2 saturated heterocycles. The number of amides is 2. The Bertz CT molecular complexity index is 953. The zero-order valence-electron chi connectivity index (χ0n) is 17.5. The molecule has 2 amide bonds. The summed E-state index contributed by atoms with van der Waals surface area (Å²) in [6.07, 6.45) is 1.41. The Morgan fingerprint density at radius 1 is 0.968 bits per heavy atom. The maximum atomic E-state index is 13.4. The minimum Gasteiger partial charge on any atom is -0.367 e. The van der Waals surface area contributed by atoms with E-state index in [1.807, 2.05) is 42.2 Å². The summed E-state index contributed by atoms with van der Waals surface area (Å²) < 4.78 is 6.10. The monoisotopic (exact) mass is 460 g/mol. The lowest BCUT2D eigenvalue weighted by Gasteiger charge is -2.40. The van der Waals surface area contributed by atoms with Gasteiger partial charge in [0.1, 0.15) is 6.10 Å². The fourth-order valence-electron chi connectivity index (χ4n) is 4.42. The van der Waals surface area contributed by atoms with Crippen LogP contribution in [0.2, 0.25) is 10.0 Å². The number of ether oxygens (including phenoxy) is 1. The molecule has 31 heavy (non-hydrogen) atoms. The molecule has 0 bridgehead atoms. The molecule has 0 aliphatic carbocycles. The number of morpholine rings is 1. The zero-order valence-corrected chi connectivity index (χ0v) is 19.0. The fourth-order valence-corrected chi connectivity index (χ4v) is 4.71. The van der Waals surface area contributed by atoms with Crippen LogP contribution in [0.1, 0.15) is 41.8 Å². The number of carbonyl (C=O) groups excluding carboxylic acids is 2. The van der Waals surface area contributed by atoms with Crippen molar-refractivity contribution in [3.8, 4) is 0 Å². The molecule has 2 aromatic rings. The van der Waals surface area contributed by atoms with E-state index >= 15 is 0 Å². The molecule has 2 aromatic carbocycles. The minimum absolute atomic E-state index is 0.0413. The van der Waals surface area contributed by atoms with E-state index in [-0.39, 0.29) is 29.9 Å². The molecule has 7 heteroatoms. The zero-order chi connectivity index (χ0) is 22.0. The highest BCUT2D eigenvalue weighted by Crippen LogP contribution is 2.29. The third kappa shape index (κ3) is 5.05. The van der Waals surface area contributed by atoms with E-state index in [0.29, 0.717) is 41.8 Å². The first-order valence-electron chi connectivity index (χ1n) is 10.7. The molecule has 0 aromatic heterocycles. The van der Waals surface area contributed by atoms with Crippen LogP contribution < -0.4 is 0 Å². The number of benzene rings is 2. The van der Waals surface area contributed by atoms with Crippen LogP contribution in [0.5, 0.6) is 0 Å². The van der Waals surface area contributed by atoms with Crippen molar-refractivity contribution in [3.05, 3.63) is 69.7 Å². The quantitative estimate of drug-likeness (QED) is 0.658. The number of hydrogen-bond acceptors (Lipinski definition) is 3. The van der Waals surface area contributed by atoms with Crippen molar-refractivity contribution in [1.82, 2.24) is 9.80 Å². The highest BCUT2D eigenvalue weighted by molar-refractivity contribution is 6.42. The first-order valence-corrected chi connectivity index (χ1v) is 11.4. The largest absolute Gasteiger partial charge is 0.367 e. The summed E-state index contributed by atoms with van der Waals surface area (Å²) in [7, 11) is 0. The van der Waals surface area contributed by atoms with Gasteiger partial charge in [0.15, 0.2) is 0 Å². The van der Waals surface area contributed by atoms with E-state index in [9.17, 15) is 9.59 Å². The summed E-state index contributed by atoms with van der Waals surface area (Å²) in [5, 5.41) is 0.769. The molecular formula is C24H26Cl2N2O3. The lowest BCUT2D eigenvalue weighted by molar-refractivity contribution is -0.150. The number of piperidine rings is 1. The SMILES string of the molecule is CC1CN(C(=O)C2CCCN(C(=O)c3ccc(Cl)c(Cl)c3)C2)CC(c2ccccc2)O1. The van der Waals surface area contributed by atoms with Crippen LogP contribution in [0.4, 0.5) is 0 Å². The summed E-state index contributed by atoms with van der Waals surface area (Å²) in [5.41, 5.74) is 1.57. The molecule has 3 atom stereocenters. The average molecular weight is 461 g/mol. The van der Waals surface area contributed by atoms with Gasteiger partial charge in [0.25, 0.3) is 5.91 Å². The van der Waals surface area contributed by atoms with E-state index in [4.69, 9.17) is 27.9 Å². The van der Waals surface area contributed by atoms with Gasteiger partial charge in [0, 0.05) is 25.2 Å². The van der Waals surface area contributed by atoms with Crippen molar-refractivity contribution in [2.24, 2.45) is 5.92 Å². The minimum atomic E-state index is -0.206. The summed E-state index contributed by atoms with van der Waals surface area (Å²) in [4.78, 5) is 30.0. The molecule has 2 fully saturated rings. The number of carbonyl (C=O) groups is 2. The van der Waals surface area contributed by atoms with Gasteiger partial charge < -0.3 is 14.5 Å². The number of nitrogens with zero attached hydrogens (tertiary/aromatic N) is 2. The molecule has 5 nitrogen and oxygen atoms in total. The van der Waals surface area contributed by atoms with Gasteiger partial charge in [-0.15, -0.1) is 0 Å². The van der Waals surface area contributed by atoms with Crippen molar-refractivity contribution in [1.29, 1.82) is 0 Å². The second kappa shape index (κ2) is 9.60. The molecule has 0 spiro atoms. The summed E-state index contributed by atoms with van der Waals surface area (Å²) in [5.74, 6) is -0.224. The fraction of sp³-hybridized carbons (Fsp3) is 0.417. The Balaban J connectivity index is 1.44. The normalized spacial score (nSPS) is 24.2. The Hall–Kier alpha value is -2.08. The van der Waals surface area contributed by atoms with Crippen molar-refractivity contribution >= 4 is 35.0 Å². The van der Waals surface area contributed by atoms with Crippen LogP contribution in [0.25, 0.3) is 0 Å². The maximum Gasteiger partial charge on any atom is 0.253 e. The van der Waals surface area contributed by atoms with Crippen molar-refractivity contribution in [2.45, 2.75) is 32.0 Å². The second-order valence-corrected chi connectivity index (χ2v) is 9.12. The number of hydrogen-bond donors (Lipinski definition) is 0. The lowest BCUT2D eigenvalue weighted by Crippen LogP contribution is -2.51. The number of rotatable bonds is 3. The number of halogens is 2. The van der Waals surface area contributed by atoms with Gasteiger partial charge in [-0.3, -0.25) is 9.59 Å². The van der Waals surface area contributed by atoms with Crippen LogP contribution in [0, 0.1) is 5.92 Å². The van der Waals surface area contributed by atoms with Gasteiger partial charge in [-0.05, 0) is 43.5 Å². The van der Waals surface area contributed by atoms with E-state index in [1.54, 1.807) is 23.1 Å². The third-order valence-electron chi connectivity index (χ3n) is 5.97. The standard InChI is InChI=1S/C24H26Cl2N2O3/c1-16-13-28(15-22(31-16)17-6-3-2-4-7-17)24(30)19-8-5-11-27(14-19)23(29)18-9-10-20(25)21(26)12-18/h2-4,6-7,9-10,12,16,19,22H,5,8,11,13-15H2,1H3. The summed E-state index contributed by atoms with van der Waals surface area (Å²) >= 11 is 12.1. The van der Waals surface area contributed by atoms with E-state index in [1.165, 1.54) is 0 Å². The van der Waals surface area contributed by atoms with Crippen LogP contribution in [-0.4, -0.2) is 53.9 Å². The van der Waals surface area contributed by atoms with Gasteiger partial charge in [-0.25, -0.2) is 0 Å². The molecule has 2 aliphatic heterocycles. The first kappa shape index (κ1) is 22.1. The van der Waals surface area contributed by atoms with Gasteiger partial charge in [-0.2, -0.15) is 0 Å². The Kier molecular flexibility index (Phi) is 6.85. The van der Waals surface area contributed by atoms with Crippen molar-refractivity contribution < 1.29 is 14.3 Å².